The lowest BCUT2D eigenvalue weighted by atomic mass is 9.74. The molecule has 4 heterocycles. The summed E-state index contributed by atoms with van der Waals surface area (Å²) in [6.07, 6.45) is 7.65. The first kappa shape index (κ1) is 24.8. The second-order valence-electron chi connectivity index (χ2n) is 9.60. The van der Waals surface area contributed by atoms with Crippen LogP contribution in [-0.4, -0.2) is 45.8 Å². The van der Waals surface area contributed by atoms with E-state index in [0.29, 0.717) is 24.5 Å². The maximum absolute atomic E-state index is 14.6. The number of nitrogens with zero attached hydrogens (tertiary/aromatic N) is 3. The van der Waals surface area contributed by atoms with E-state index in [-0.39, 0.29) is 25.2 Å². The molecule has 0 saturated carbocycles. The lowest BCUT2D eigenvalue weighted by Gasteiger charge is -2.33. The summed E-state index contributed by atoms with van der Waals surface area (Å²) in [5.74, 6) is -0.537. The monoisotopic (exact) mass is 527 g/mol. The highest BCUT2D eigenvalue weighted by atomic mass is 19.1. The topological polar surface area (TPSA) is 95.2 Å². The number of halogens is 1. The summed E-state index contributed by atoms with van der Waals surface area (Å²) >= 11 is 0. The molecule has 0 amide bonds. The average Bonchev–Trinajstić information content (AvgIpc) is 3.45. The Labute approximate surface area is 223 Å². The van der Waals surface area contributed by atoms with Gasteiger partial charge in [-0.25, -0.2) is 9.37 Å². The molecule has 1 aliphatic heterocycles. The molecular weight excluding hydrogens is 501 g/mol. The fourth-order valence-electron chi connectivity index (χ4n) is 5.35. The number of methoxy groups -OCH3 is 1. The summed E-state index contributed by atoms with van der Waals surface area (Å²) in [5.41, 5.74) is 3.53. The molecule has 0 aliphatic carbocycles. The van der Waals surface area contributed by atoms with Crippen LogP contribution in [0.5, 0.6) is 11.5 Å². The van der Waals surface area contributed by atoms with Crippen molar-refractivity contribution in [3.63, 3.8) is 0 Å². The normalized spacial score (nSPS) is 14.9. The van der Waals surface area contributed by atoms with E-state index in [2.05, 4.69) is 9.97 Å². The highest BCUT2D eigenvalue weighted by Crippen LogP contribution is 2.38. The van der Waals surface area contributed by atoms with Crippen molar-refractivity contribution in [2.24, 2.45) is 0 Å². The molecule has 6 rings (SSSR count). The Bertz CT molecular complexity index is 1690. The summed E-state index contributed by atoms with van der Waals surface area (Å²) < 4.78 is 33.6. The van der Waals surface area contributed by atoms with Crippen molar-refractivity contribution < 1.29 is 28.5 Å². The van der Waals surface area contributed by atoms with Crippen molar-refractivity contribution in [1.82, 2.24) is 14.4 Å². The molecule has 0 spiro atoms. The molecule has 1 saturated heterocycles. The maximum atomic E-state index is 14.6. The predicted molar refractivity (Wildman–Crippen MR) is 143 cm³/mol. The Hall–Kier alpha value is -4.50. The Morgan fingerprint density at radius 2 is 1.95 bits per heavy atom. The van der Waals surface area contributed by atoms with Crippen LogP contribution in [0.3, 0.4) is 0 Å². The van der Waals surface area contributed by atoms with Crippen LogP contribution in [0.25, 0.3) is 27.7 Å². The van der Waals surface area contributed by atoms with Gasteiger partial charge in [0.2, 0.25) is 0 Å². The summed E-state index contributed by atoms with van der Waals surface area (Å²) in [6, 6.07) is 14.0. The second kappa shape index (κ2) is 9.99. The molecule has 0 unspecified atom stereocenters. The summed E-state index contributed by atoms with van der Waals surface area (Å²) in [7, 11) is 1.63. The molecule has 9 heteroatoms. The van der Waals surface area contributed by atoms with E-state index >= 15 is 0 Å². The standard InChI is InChI=1S/C30H26FN3O5/c1-37-27-4-7-32-17-25(27)24-16-28-33-8-9-34(28)26-12-19(2-3-23(24)26)18-39-22-14-20(13-21(31)15-22)30(29(35)36)5-10-38-11-6-30/h2-4,7-9,12-17H,5-6,10-11,18H2,1H3,(H,35,36). The van der Waals surface area contributed by atoms with Gasteiger partial charge in [-0.15, -0.1) is 0 Å². The van der Waals surface area contributed by atoms with Gasteiger partial charge in [0, 0.05) is 55.0 Å². The van der Waals surface area contributed by atoms with Gasteiger partial charge in [-0.1, -0.05) is 12.1 Å². The van der Waals surface area contributed by atoms with Crippen LogP contribution in [0.2, 0.25) is 0 Å². The minimum Gasteiger partial charge on any atom is -0.496 e. The number of hydrogen-bond acceptors (Lipinski definition) is 6. The minimum absolute atomic E-state index is 0.165. The van der Waals surface area contributed by atoms with Crippen molar-refractivity contribution in [2.75, 3.05) is 20.3 Å². The van der Waals surface area contributed by atoms with E-state index < -0.39 is 17.2 Å². The van der Waals surface area contributed by atoms with Crippen LogP contribution in [-0.2, 0) is 21.6 Å². The van der Waals surface area contributed by atoms with Gasteiger partial charge in [0.05, 0.1) is 18.0 Å². The number of rotatable bonds is 7. The highest BCUT2D eigenvalue weighted by molar-refractivity contribution is 5.98. The number of ether oxygens (including phenoxy) is 3. The van der Waals surface area contributed by atoms with Crippen molar-refractivity contribution in [3.05, 3.63) is 90.3 Å². The van der Waals surface area contributed by atoms with Gasteiger partial charge in [0.25, 0.3) is 0 Å². The molecule has 0 radical (unpaired) electrons. The lowest BCUT2D eigenvalue weighted by molar-refractivity contribution is -0.147. The largest absolute Gasteiger partial charge is 0.496 e. The second-order valence-corrected chi connectivity index (χ2v) is 9.60. The number of aliphatic carboxylic acids is 1. The number of fused-ring (bicyclic) bond motifs is 3. The van der Waals surface area contributed by atoms with Crippen LogP contribution in [0.4, 0.5) is 4.39 Å². The summed E-state index contributed by atoms with van der Waals surface area (Å²) in [5, 5.41) is 11.0. The van der Waals surface area contributed by atoms with Crippen molar-refractivity contribution in [2.45, 2.75) is 24.9 Å². The third-order valence-corrected chi connectivity index (χ3v) is 7.43. The van der Waals surface area contributed by atoms with Gasteiger partial charge in [-0.3, -0.25) is 14.2 Å². The Morgan fingerprint density at radius 3 is 2.74 bits per heavy atom. The molecule has 1 fully saturated rings. The molecule has 8 nitrogen and oxygen atoms in total. The third-order valence-electron chi connectivity index (χ3n) is 7.43. The van der Waals surface area contributed by atoms with Crippen molar-refractivity contribution >= 4 is 22.5 Å². The summed E-state index contributed by atoms with van der Waals surface area (Å²) in [6.45, 7) is 0.788. The zero-order valence-electron chi connectivity index (χ0n) is 21.3. The molecule has 0 atom stereocenters. The molecule has 0 bridgehead atoms. The Balaban J connectivity index is 1.35. The van der Waals surface area contributed by atoms with E-state index in [0.717, 1.165) is 33.2 Å². The van der Waals surface area contributed by atoms with Gasteiger partial charge in [-0.05, 0) is 59.9 Å². The molecule has 2 aromatic carbocycles. The van der Waals surface area contributed by atoms with E-state index in [1.165, 1.54) is 12.1 Å². The number of imidazole rings is 1. The van der Waals surface area contributed by atoms with Gasteiger partial charge >= 0.3 is 5.97 Å². The molecule has 1 aliphatic rings. The molecule has 1 N–H and O–H groups in total. The number of pyridine rings is 2. The van der Waals surface area contributed by atoms with Crippen molar-refractivity contribution in [3.8, 4) is 22.6 Å². The number of benzene rings is 2. The molecular formula is C30H26FN3O5. The first-order valence-electron chi connectivity index (χ1n) is 12.6. The average molecular weight is 528 g/mol. The fraction of sp³-hybridized carbons (Fsp3) is 0.233. The summed E-state index contributed by atoms with van der Waals surface area (Å²) in [4.78, 5) is 21.0. The van der Waals surface area contributed by atoms with Crippen LogP contribution in [0.15, 0.2) is 73.3 Å². The van der Waals surface area contributed by atoms with Gasteiger partial charge in [0.15, 0.2) is 0 Å². The van der Waals surface area contributed by atoms with Gasteiger partial charge in [0.1, 0.15) is 29.6 Å². The molecule has 3 aromatic heterocycles. The van der Waals surface area contributed by atoms with Gasteiger partial charge in [-0.2, -0.15) is 0 Å². The molecule has 198 valence electrons. The zero-order chi connectivity index (χ0) is 27.0. The van der Waals surface area contributed by atoms with Crippen molar-refractivity contribution in [1.29, 1.82) is 0 Å². The number of hydrogen-bond donors (Lipinski definition) is 1. The SMILES string of the molecule is COc1ccncc1-c1cc2nccn2c2cc(COc3cc(F)cc(C4(C(=O)O)CCOCC4)c3)ccc12. The Kier molecular flexibility index (Phi) is 6.36. The van der Waals surface area contributed by atoms with Gasteiger partial charge < -0.3 is 19.3 Å². The number of carboxylic acids is 1. The minimum atomic E-state index is -1.20. The maximum Gasteiger partial charge on any atom is 0.314 e. The first-order chi connectivity index (χ1) is 19.0. The lowest BCUT2D eigenvalue weighted by Crippen LogP contribution is -2.41. The highest BCUT2D eigenvalue weighted by Gasteiger charge is 2.42. The number of aromatic nitrogens is 3. The van der Waals surface area contributed by atoms with E-state index in [4.69, 9.17) is 14.2 Å². The fourth-order valence-corrected chi connectivity index (χ4v) is 5.35. The van der Waals surface area contributed by atoms with E-state index in [1.54, 1.807) is 31.8 Å². The smallest absolute Gasteiger partial charge is 0.314 e. The van der Waals surface area contributed by atoms with Crippen LogP contribution in [0.1, 0.15) is 24.0 Å². The third kappa shape index (κ3) is 4.44. The van der Waals surface area contributed by atoms with Crippen LogP contribution in [0, 0.1) is 5.82 Å². The molecule has 5 aromatic rings. The van der Waals surface area contributed by atoms with E-state index in [9.17, 15) is 14.3 Å². The molecule has 39 heavy (non-hydrogen) atoms. The number of carboxylic acid groups (broad SMARTS) is 1. The Morgan fingerprint density at radius 1 is 1.10 bits per heavy atom. The van der Waals surface area contributed by atoms with E-state index in [1.807, 2.05) is 40.9 Å². The first-order valence-corrected chi connectivity index (χ1v) is 12.6. The zero-order valence-corrected chi connectivity index (χ0v) is 21.3. The quantitative estimate of drug-likeness (QED) is 0.302. The predicted octanol–water partition coefficient (Wildman–Crippen LogP) is 5.41. The van der Waals surface area contributed by atoms with Crippen LogP contribution >= 0.6 is 0 Å². The number of carbonyl (C=O) groups is 1. The van der Waals surface area contributed by atoms with Crippen LogP contribution < -0.4 is 9.47 Å².